The third kappa shape index (κ3) is 6.17. The number of piperidine rings is 1. The van der Waals surface area contributed by atoms with Crippen LogP contribution in [0.3, 0.4) is 0 Å². The van der Waals surface area contributed by atoms with Crippen molar-refractivity contribution in [2.45, 2.75) is 56.0 Å². The maximum absolute atomic E-state index is 15.9. The van der Waals surface area contributed by atoms with Crippen LogP contribution in [0.2, 0.25) is 0 Å². The summed E-state index contributed by atoms with van der Waals surface area (Å²) in [5.41, 5.74) is 1.11. The molecule has 3 saturated heterocycles. The van der Waals surface area contributed by atoms with Crippen LogP contribution in [-0.2, 0) is 14.9 Å². The molecule has 0 aromatic heterocycles. The molecule has 1 aliphatic carbocycles. The second kappa shape index (κ2) is 12.5. The fourth-order valence-electron chi connectivity index (χ4n) is 8.71. The van der Waals surface area contributed by atoms with E-state index in [0.717, 1.165) is 76.1 Å². The lowest BCUT2D eigenvalue weighted by molar-refractivity contribution is -0.142. The maximum Gasteiger partial charge on any atom is 0.305 e. The Balaban J connectivity index is 1.19. The lowest BCUT2D eigenvalue weighted by atomic mass is 9.56. The molecule has 3 heterocycles. The van der Waals surface area contributed by atoms with Crippen molar-refractivity contribution in [2.24, 2.45) is 17.8 Å². The quantitative estimate of drug-likeness (QED) is 0.338. The highest BCUT2D eigenvalue weighted by molar-refractivity contribution is 5.69. The van der Waals surface area contributed by atoms with E-state index in [1.165, 1.54) is 19.6 Å². The topological polar surface area (TPSA) is 59.8 Å². The monoisotopic (exact) mass is 590 g/mol. The number of anilines is 1. The van der Waals surface area contributed by atoms with Gasteiger partial charge >= 0.3 is 5.97 Å². The smallest absolute Gasteiger partial charge is 0.305 e. The zero-order valence-electron chi connectivity index (χ0n) is 25.3. The summed E-state index contributed by atoms with van der Waals surface area (Å²) < 4.78 is 35.9. The van der Waals surface area contributed by atoms with E-state index in [2.05, 4.69) is 21.9 Å². The van der Waals surface area contributed by atoms with Gasteiger partial charge in [-0.3, -0.25) is 9.69 Å². The number of likely N-dealkylation sites (tertiary alicyclic amines) is 2. The minimum atomic E-state index is -1.25. The van der Waals surface area contributed by atoms with Gasteiger partial charge in [-0.1, -0.05) is 18.6 Å². The summed E-state index contributed by atoms with van der Waals surface area (Å²) in [7, 11) is 1.46. The van der Waals surface area contributed by atoms with Crippen LogP contribution in [0.5, 0.6) is 0 Å². The predicted octanol–water partition coefficient (Wildman–Crippen LogP) is 5.56. The number of hydrogen-bond acceptors (Lipinski definition) is 6. The number of halogens is 2. The molecule has 43 heavy (non-hydrogen) atoms. The number of alkyl halides is 1. The predicted molar refractivity (Wildman–Crippen MR) is 163 cm³/mol. The Bertz CT molecular complexity index is 1310. The molecule has 0 spiro atoms. The molecule has 2 aromatic rings. The zero-order chi connectivity index (χ0) is 30.0. The molecular formula is C35H44F2N4O2. The Hall–Kier alpha value is -3.02. The van der Waals surface area contributed by atoms with Crippen molar-refractivity contribution < 1.29 is 18.3 Å². The van der Waals surface area contributed by atoms with E-state index in [1.807, 2.05) is 23.1 Å². The van der Waals surface area contributed by atoms with Gasteiger partial charge in [0.25, 0.3) is 0 Å². The molecule has 3 aliphatic heterocycles. The largest absolute Gasteiger partial charge is 0.469 e. The van der Waals surface area contributed by atoms with E-state index in [4.69, 9.17) is 10.00 Å². The van der Waals surface area contributed by atoms with E-state index >= 15 is 4.39 Å². The summed E-state index contributed by atoms with van der Waals surface area (Å²) in [6.45, 7) is 5.78. The minimum Gasteiger partial charge on any atom is -0.469 e. The summed E-state index contributed by atoms with van der Waals surface area (Å²) in [6.07, 6.45) is 6.56. The highest BCUT2D eigenvalue weighted by atomic mass is 19.1. The average Bonchev–Trinajstić information content (AvgIpc) is 3.44. The number of carbonyl (C=O) groups is 1. The van der Waals surface area contributed by atoms with Gasteiger partial charge in [0.15, 0.2) is 5.67 Å². The molecule has 4 aliphatic rings. The fourth-order valence-corrected chi connectivity index (χ4v) is 8.71. The van der Waals surface area contributed by atoms with Crippen LogP contribution >= 0.6 is 0 Å². The molecule has 1 saturated carbocycles. The lowest BCUT2D eigenvalue weighted by Gasteiger charge is -2.54. The lowest BCUT2D eigenvalue weighted by Crippen LogP contribution is -2.64. The summed E-state index contributed by atoms with van der Waals surface area (Å²) in [6, 6.07) is 16.7. The Kier molecular flexibility index (Phi) is 8.75. The van der Waals surface area contributed by atoms with Gasteiger partial charge in [0.05, 0.1) is 31.8 Å². The highest BCUT2D eigenvalue weighted by Crippen LogP contribution is 2.54. The second-order valence-electron chi connectivity index (χ2n) is 13.5. The standard InChI is InChI=1S/C35H44F2N4O2/c1-43-33(42)19-27-5-2-8-32(27)35(25-39-15-4-16-39,29-6-3-7-30(36)20-29)28-13-17-40(18-14-28)22-34(37)23-41(24-34)31-11-9-26(21-38)10-12-31/h3,6-7,9-12,20,27-28,32H,2,4-5,8,13-19,22-25H2,1H3/t27-,32+,35+/m1/s1. The number of rotatable bonds is 10. The van der Waals surface area contributed by atoms with Gasteiger partial charge in [0.2, 0.25) is 0 Å². The summed E-state index contributed by atoms with van der Waals surface area (Å²) in [4.78, 5) is 19.3. The highest BCUT2D eigenvalue weighted by Gasteiger charge is 2.53. The first-order chi connectivity index (χ1) is 20.8. The van der Waals surface area contributed by atoms with Gasteiger partial charge in [-0.15, -0.1) is 0 Å². The normalized spacial score (nSPS) is 25.8. The van der Waals surface area contributed by atoms with Gasteiger partial charge in [0.1, 0.15) is 5.82 Å². The van der Waals surface area contributed by atoms with E-state index in [-0.39, 0.29) is 29.0 Å². The second-order valence-corrected chi connectivity index (χ2v) is 13.5. The van der Waals surface area contributed by atoms with Gasteiger partial charge in [-0.2, -0.15) is 5.26 Å². The van der Waals surface area contributed by atoms with Crippen molar-refractivity contribution in [3.05, 3.63) is 65.5 Å². The Morgan fingerprint density at radius 3 is 2.40 bits per heavy atom. The van der Waals surface area contributed by atoms with Crippen LogP contribution in [-0.4, -0.2) is 80.9 Å². The van der Waals surface area contributed by atoms with Crippen molar-refractivity contribution in [3.8, 4) is 6.07 Å². The van der Waals surface area contributed by atoms with Crippen molar-refractivity contribution in [1.29, 1.82) is 5.26 Å². The Morgan fingerprint density at radius 1 is 1.02 bits per heavy atom. The van der Waals surface area contributed by atoms with Crippen LogP contribution in [0.15, 0.2) is 48.5 Å². The Morgan fingerprint density at radius 2 is 1.77 bits per heavy atom. The van der Waals surface area contributed by atoms with Gasteiger partial charge in [0, 0.05) is 30.6 Å². The molecule has 0 bridgehead atoms. The van der Waals surface area contributed by atoms with Crippen molar-refractivity contribution >= 4 is 11.7 Å². The van der Waals surface area contributed by atoms with E-state index < -0.39 is 5.67 Å². The van der Waals surface area contributed by atoms with Crippen molar-refractivity contribution in [3.63, 3.8) is 0 Å². The van der Waals surface area contributed by atoms with E-state index in [9.17, 15) is 9.18 Å². The van der Waals surface area contributed by atoms with Crippen molar-refractivity contribution in [1.82, 2.24) is 9.80 Å². The number of carbonyl (C=O) groups excluding carboxylic acids is 1. The molecule has 8 heteroatoms. The molecule has 0 amide bonds. The molecule has 0 radical (unpaired) electrons. The molecule has 230 valence electrons. The van der Waals surface area contributed by atoms with Gasteiger partial charge in [-0.05, 0) is 118 Å². The number of ether oxygens (including phenoxy) is 1. The molecule has 6 rings (SSSR count). The van der Waals surface area contributed by atoms with Gasteiger partial charge < -0.3 is 14.5 Å². The molecule has 6 nitrogen and oxygen atoms in total. The first-order valence-electron chi connectivity index (χ1n) is 16.0. The number of methoxy groups -OCH3 is 1. The maximum atomic E-state index is 15.9. The first kappa shape index (κ1) is 30.0. The SMILES string of the molecule is COC(=O)C[C@H]1CCC[C@@H]1[C@](CN1CCC1)(c1cccc(F)c1)C1CCN(CC2(F)CN(c3ccc(C#N)cc3)C2)CC1. The molecule has 2 aromatic carbocycles. The fraction of sp³-hybridized carbons (Fsp3) is 0.600. The number of nitriles is 1. The molecule has 3 atom stereocenters. The minimum absolute atomic E-state index is 0.160. The third-order valence-electron chi connectivity index (χ3n) is 10.9. The first-order valence-corrected chi connectivity index (χ1v) is 16.0. The van der Waals surface area contributed by atoms with Crippen LogP contribution in [0.1, 0.15) is 56.1 Å². The Labute approximate surface area is 254 Å². The molecular weight excluding hydrogens is 546 g/mol. The number of esters is 1. The number of benzene rings is 2. The summed E-state index contributed by atoms with van der Waals surface area (Å²) >= 11 is 0. The summed E-state index contributed by atoms with van der Waals surface area (Å²) in [5.74, 6) is 0.439. The van der Waals surface area contributed by atoms with Crippen LogP contribution in [0, 0.1) is 34.9 Å². The molecule has 4 fully saturated rings. The summed E-state index contributed by atoms with van der Waals surface area (Å²) in [5, 5.41) is 9.06. The number of hydrogen-bond donors (Lipinski definition) is 0. The molecule has 0 N–H and O–H groups in total. The van der Waals surface area contributed by atoms with Crippen LogP contribution in [0.4, 0.5) is 14.5 Å². The van der Waals surface area contributed by atoms with Gasteiger partial charge in [-0.25, -0.2) is 8.78 Å². The molecule has 0 unspecified atom stereocenters. The third-order valence-corrected chi connectivity index (χ3v) is 10.9. The van der Waals surface area contributed by atoms with Crippen LogP contribution < -0.4 is 4.90 Å². The number of nitrogens with zero attached hydrogens (tertiary/aromatic N) is 4. The van der Waals surface area contributed by atoms with Crippen LogP contribution in [0.25, 0.3) is 0 Å². The average molecular weight is 591 g/mol. The zero-order valence-corrected chi connectivity index (χ0v) is 25.3. The van der Waals surface area contributed by atoms with E-state index in [1.54, 1.807) is 18.2 Å². The van der Waals surface area contributed by atoms with E-state index in [0.29, 0.717) is 37.5 Å². The van der Waals surface area contributed by atoms with Crippen molar-refractivity contribution in [2.75, 3.05) is 64.4 Å².